The van der Waals surface area contributed by atoms with E-state index in [1.54, 1.807) is 18.7 Å². The van der Waals surface area contributed by atoms with E-state index in [9.17, 15) is 31.2 Å². The molecule has 5 heterocycles. The molecule has 25 heteroatoms. The summed E-state index contributed by atoms with van der Waals surface area (Å²) in [4.78, 5) is 37.8. The second kappa shape index (κ2) is 26.6. The number of benzene rings is 2. The summed E-state index contributed by atoms with van der Waals surface area (Å²) in [5.41, 5.74) is -5.77. The monoisotopic (exact) mass is 1200 g/mol. The van der Waals surface area contributed by atoms with E-state index in [-0.39, 0.29) is 147 Å². The number of hydrogen-bond donors (Lipinski definition) is 0. The molecule has 2 aromatic rings. The van der Waals surface area contributed by atoms with Crippen LogP contribution in [0.25, 0.3) is 0 Å². The smallest absolute Gasteiger partial charge is 0.550 e. The Labute approximate surface area is 528 Å². The quantitative estimate of drug-likeness (QED) is 0.139. The van der Waals surface area contributed by atoms with Crippen molar-refractivity contribution in [3.05, 3.63) is 95.2 Å². The molecular weight excluding hydrogens is 1110 g/mol. The van der Waals surface area contributed by atoms with E-state index in [0.717, 1.165) is 37.3 Å². The van der Waals surface area contributed by atoms with Crippen LogP contribution in [-0.4, -0.2) is 120 Å². The maximum absolute atomic E-state index is 12.8. The molecule has 450 valence electrons. The van der Waals surface area contributed by atoms with E-state index in [0.29, 0.717) is 0 Å². The Kier molecular flexibility index (Phi) is 23.2. The summed E-state index contributed by atoms with van der Waals surface area (Å²) in [5.74, 6) is -1.35. The zero-order valence-electron chi connectivity index (χ0n) is 51.8. The van der Waals surface area contributed by atoms with Gasteiger partial charge in [-0.25, -0.2) is 9.59 Å². The molecule has 9 rings (SSSR count). The predicted molar refractivity (Wildman–Crippen MR) is 301 cm³/mol. The van der Waals surface area contributed by atoms with Gasteiger partial charge in [-0.15, -0.1) is 0 Å². The van der Waals surface area contributed by atoms with E-state index >= 15 is 0 Å². The number of aliphatic carboxylic acids is 1. The molecule has 0 aromatic heterocycles. The Hall–Kier alpha value is -2.94. The van der Waals surface area contributed by atoms with Crippen molar-refractivity contribution in [2.75, 3.05) is 0 Å². The minimum atomic E-state index is -5.69. The van der Waals surface area contributed by atoms with Gasteiger partial charge in [0.2, 0.25) is 0 Å². The molecule has 7 aliphatic rings. The fraction of sp³-hybridized carbons (Fsp3) is 0.667. The van der Waals surface area contributed by atoms with Gasteiger partial charge in [0.25, 0.3) is 0 Å². The van der Waals surface area contributed by atoms with E-state index in [4.69, 9.17) is 47.3 Å². The number of carboxylic acids is 1. The summed E-state index contributed by atoms with van der Waals surface area (Å²) in [6.07, 6.45) is 5.67. The van der Waals surface area contributed by atoms with Crippen LogP contribution in [0, 0.1) is 0 Å². The van der Waals surface area contributed by atoms with Crippen LogP contribution in [0.5, 0.6) is 0 Å². The van der Waals surface area contributed by atoms with Crippen LogP contribution in [-0.2, 0) is 56.5 Å². The molecule has 0 radical (unpaired) electrons. The van der Waals surface area contributed by atoms with E-state index in [1.165, 1.54) is 11.5 Å². The van der Waals surface area contributed by atoms with Crippen LogP contribution in [0.15, 0.2) is 84.0 Å². The number of allylic oxidation sites excluding steroid dienone is 2. The number of alkyl halides is 3. The average molecular weight is 1200 g/mol. The van der Waals surface area contributed by atoms with E-state index in [2.05, 4.69) is 50.1 Å². The van der Waals surface area contributed by atoms with E-state index in [1.807, 2.05) is 137 Å². The Morgan fingerprint density at radius 2 is 0.902 bits per heavy atom. The SMILES string of the molecule is CC.CC(=O)[O-].CC1(C)OB(B2OC(C)(C)C(C)(C)O2)OC1(C)C.CC1(C)OC(=O)N(C2CC=C(B3OC(C)(C)C(C)(C)O3)CC2)[C@H]1c1ccccc1.CC1(C)OC(=O)N(C2CC=C(OS(=O)(=O)C(F)(F)F)CC2)[C@H]1c1ccccc1.[K+]. The number of nitrogens with zero attached hydrogens (tertiary/aromatic N) is 2. The van der Waals surface area contributed by atoms with Crippen LogP contribution in [0.1, 0.15) is 193 Å². The van der Waals surface area contributed by atoms with Gasteiger partial charge in [0.05, 0.1) is 45.7 Å². The Bertz CT molecular complexity index is 2630. The van der Waals surface area contributed by atoms with E-state index < -0.39 is 52.9 Å². The minimum Gasteiger partial charge on any atom is -0.550 e. The fourth-order valence-corrected chi connectivity index (χ4v) is 10.8. The van der Waals surface area contributed by atoms with Crippen molar-refractivity contribution in [3.8, 4) is 0 Å². The van der Waals surface area contributed by atoms with Gasteiger partial charge in [0.15, 0.2) is 0 Å². The van der Waals surface area contributed by atoms with Gasteiger partial charge in [0.1, 0.15) is 17.0 Å². The topological polar surface area (TPSA) is 198 Å². The molecule has 2 amide bonds. The van der Waals surface area contributed by atoms with Crippen LogP contribution in [0.4, 0.5) is 22.8 Å². The first-order valence-electron chi connectivity index (χ1n) is 27.8. The number of halogens is 3. The number of carboxylic acid groups (broad SMARTS) is 1. The maximum Gasteiger partial charge on any atom is 1.00 e. The first kappa shape index (κ1) is 71.5. The second-order valence-electron chi connectivity index (χ2n) is 25.0. The molecular formula is C57H85B3F3KN2O15S. The molecule has 2 unspecified atom stereocenters. The van der Waals surface area contributed by atoms with Gasteiger partial charge in [-0.3, -0.25) is 9.80 Å². The minimum absolute atomic E-state index is 0. The molecule has 82 heavy (non-hydrogen) atoms. The molecule has 0 spiro atoms. The van der Waals surface area contributed by atoms with Crippen molar-refractivity contribution in [2.45, 2.75) is 245 Å². The first-order valence-corrected chi connectivity index (χ1v) is 29.2. The van der Waals surface area contributed by atoms with Crippen molar-refractivity contribution >= 4 is 49.4 Å². The number of carbonyl (C=O) groups is 3. The second-order valence-corrected chi connectivity index (χ2v) is 26.5. The number of amides is 2. The average Bonchev–Trinajstić information content (AvgIpc) is 3.99. The number of rotatable bonds is 8. The molecule has 0 N–H and O–H groups in total. The molecule has 17 nitrogen and oxygen atoms in total. The zero-order chi connectivity index (χ0) is 61.3. The number of carbonyl (C=O) groups excluding carboxylic acids is 3. The molecule has 5 aliphatic heterocycles. The summed E-state index contributed by atoms with van der Waals surface area (Å²) in [6.45, 7) is 37.1. The molecule has 4 atom stereocenters. The molecule has 0 bridgehead atoms. The first-order chi connectivity index (χ1) is 37.1. The van der Waals surface area contributed by atoms with Gasteiger partial charge in [-0.2, -0.15) is 21.6 Å². The predicted octanol–water partition coefficient (Wildman–Crippen LogP) is 8.37. The molecule has 5 saturated heterocycles. The van der Waals surface area contributed by atoms with Crippen LogP contribution in [0.2, 0.25) is 0 Å². The van der Waals surface area contributed by atoms with Gasteiger partial charge in [-0.05, 0) is 172 Å². The Morgan fingerprint density at radius 1 is 0.585 bits per heavy atom. The third-order valence-electron chi connectivity index (χ3n) is 16.6. The molecule has 2 aliphatic carbocycles. The van der Waals surface area contributed by atoms with Crippen LogP contribution in [0.3, 0.4) is 0 Å². The summed E-state index contributed by atoms with van der Waals surface area (Å²) in [6, 6.07) is 18.8. The fourth-order valence-electron chi connectivity index (χ4n) is 10.3. The third-order valence-corrected chi connectivity index (χ3v) is 17.6. The number of cyclic esters (lactones) is 2. The summed E-state index contributed by atoms with van der Waals surface area (Å²) >= 11 is 0. The number of hydrogen-bond acceptors (Lipinski definition) is 15. The summed E-state index contributed by atoms with van der Waals surface area (Å²) < 4.78 is 112. The van der Waals surface area contributed by atoms with Gasteiger partial charge >= 0.3 is 100 Å². The standard InChI is InChI=1S/C23H32BNO4.C18H20F3NO5S.C12H24B2O4.C2H4O2.C2H6.K/c1-21(2)19(16-10-8-7-9-11-16)25(20(26)27-21)18-14-12-17(13-15-18)24-28-22(3,4)23(5,6)29-24;1-17(2)15(12-6-4-3-5-7-12)22(16(23)26-17)13-8-10-14(11-9-13)27-28(24,25)18(19,20)21;1-9(2)10(3,4)16-13(15-9)14-17-11(5,6)12(7,8)18-14;1-2(3)4;1-2;/h7-12,18-19H,13-15H2,1-6H3;3-7,10,13,15H,8-9,11H2,1-2H3;1-8H3;1H3,(H,3,4);1-2H3;/q;;;;;+1/p-1/t18?,19-;13?,15-;;;;/m00..../s1. The van der Waals surface area contributed by atoms with Crippen LogP contribution >= 0.6 is 0 Å². The van der Waals surface area contributed by atoms with Crippen molar-refractivity contribution in [1.82, 2.24) is 9.80 Å². The molecule has 0 saturated carbocycles. The zero-order valence-corrected chi connectivity index (χ0v) is 55.7. The third kappa shape index (κ3) is 16.2. The van der Waals surface area contributed by atoms with Gasteiger partial charge in [0, 0.05) is 24.5 Å². The molecule has 2 aromatic carbocycles. The summed E-state index contributed by atoms with van der Waals surface area (Å²) in [7, 11) is -6.94. The van der Waals surface area contributed by atoms with Crippen molar-refractivity contribution in [2.24, 2.45) is 0 Å². The normalized spacial score (nSPS) is 26.7. The van der Waals surface area contributed by atoms with Crippen molar-refractivity contribution < 1.29 is 134 Å². The summed E-state index contributed by atoms with van der Waals surface area (Å²) in [5, 5.41) is 8.89. The Morgan fingerprint density at radius 3 is 1.20 bits per heavy atom. The number of ether oxygens (including phenoxy) is 2. The maximum atomic E-state index is 12.8. The van der Waals surface area contributed by atoms with Crippen LogP contribution < -0.4 is 56.5 Å². The Balaban J connectivity index is 0.000000256. The molecule has 5 fully saturated rings. The van der Waals surface area contributed by atoms with Crippen molar-refractivity contribution in [3.63, 3.8) is 0 Å². The van der Waals surface area contributed by atoms with Crippen molar-refractivity contribution in [1.29, 1.82) is 0 Å². The van der Waals surface area contributed by atoms with Gasteiger partial charge in [-0.1, -0.05) is 80.6 Å². The largest absolute Gasteiger partial charge is 1.00 e. The van der Waals surface area contributed by atoms with Gasteiger partial charge < -0.3 is 51.5 Å².